The van der Waals surface area contributed by atoms with Gasteiger partial charge in [-0.25, -0.2) is 0 Å². The summed E-state index contributed by atoms with van der Waals surface area (Å²) in [4.78, 5) is 34.8. The molecule has 2 atom stereocenters. The first-order chi connectivity index (χ1) is 6.12. The van der Waals surface area contributed by atoms with E-state index in [1.807, 2.05) is 0 Å². The number of rotatable bonds is 4. The van der Waals surface area contributed by atoms with Gasteiger partial charge in [-0.2, -0.15) is 0 Å². The molecule has 0 rings (SSSR count). The van der Waals surface area contributed by atoms with Gasteiger partial charge in [-0.3, -0.25) is 9.13 Å². The Morgan fingerprint density at radius 1 is 0.941 bits per heavy atom. The molecular formula is C4H16CaO10P2. The van der Waals surface area contributed by atoms with Gasteiger partial charge in [0.1, 0.15) is 0 Å². The molecule has 0 saturated heterocycles. The summed E-state index contributed by atoms with van der Waals surface area (Å²) in [5, 5.41) is 0. The second-order valence-electron chi connectivity index (χ2n) is 1.77. The van der Waals surface area contributed by atoms with E-state index in [4.69, 9.17) is 9.79 Å². The van der Waals surface area contributed by atoms with Crippen molar-refractivity contribution in [3.8, 4) is 0 Å². The molecule has 17 heavy (non-hydrogen) atoms. The topological polar surface area (TPSA) is 202 Å². The summed E-state index contributed by atoms with van der Waals surface area (Å²) in [5.41, 5.74) is 0. The van der Waals surface area contributed by atoms with E-state index in [0.29, 0.717) is 0 Å². The second-order valence-corrected chi connectivity index (χ2v) is 4.16. The maximum Gasteiger partial charge on any atom is 2.00 e. The van der Waals surface area contributed by atoms with E-state index in [9.17, 15) is 18.9 Å². The Bertz CT molecular complexity index is 198. The van der Waals surface area contributed by atoms with Crippen molar-refractivity contribution in [3.05, 3.63) is 0 Å². The Hall–Kier alpha value is 1.40. The predicted octanol–water partition coefficient (Wildman–Crippen LogP) is -3.06. The minimum atomic E-state index is -4.42. The zero-order valence-corrected chi connectivity index (χ0v) is 13.4. The summed E-state index contributed by atoms with van der Waals surface area (Å²) >= 11 is 0. The molecule has 0 spiro atoms. The van der Waals surface area contributed by atoms with Crippen molar-refractivity contribution in [3.63, 3.8) is 0 Å². The van der Waals surface area contributed by atoms with Crippen molar-refractivity contribution >= 4 is 53.4 Å². The van der Waals surface area contributed by atoms with E-state index < -0.39 is 15.6 Å². The molecule has 0 aromatic rings. The van der Waals surface area contributed by atoms with Crippen molar-refractivity contribution in [2.45, 2.75) is 13.8 Å². The first-order valence-electron chi connectivity index (χ1n) is 3.49. The summed E-state index contributed by atoms with van der Waals surface area (Å²) < 4.78 is 26.8. The maximum absolute atomic E-state index is 9.59. The van der Waals surface area contributed by atoms with E-state index in [1.54, 1.807) is 0 Å². The molecule has 0 bridgehead atoms. The number of hydrogen-bond donors (Lipinski definition) is 2. The molecule has 0 heterocycles. The SMILES string of the molecule is CCOP(=O)([O-])O.CCOP(=O)([O-])O.O.O.[Ca+2]. The fourth-order valence-electron chi connectivity index (χ4n) is 0.326. The van der Waals surface area contributed by atoms with Crippen molar-refractivity contribution in [1.82, 2.24) is 0 Å². The van der Waals surface area contributed by atoms with Crippen LogP contribution in [0.2, 0.25) is 0 Å². The van der Waals surface area contributed by atoms with Gasteiger partial charge in [0.15, 0.2) is 0 Å². The van der Waals surface area contributed by atoms with Crippen LogP contribution in [0.1, 0.15) is 13.8 Å². The van der Waals surface area contributed by atoms with Crippen LogP contribution in [-0.2, 0) is 18.2 Å². The van der Waals surface area contributed by atoms with Crippen LogP contribution in [0.15, 0.2) is 0 Å². The van der Waals surface area contributed by atoms with E-state index >= 15 is 0 Å². The Balaban J connectivity index is -0.0000000480. The van der Waals surface area contributed by atoms with Gasteiger partial charge in [0.2, 0.25) is 0 Å². The van der Waals surface area contributed by atoms with Gasteiger partial charge in [-0.05, 0) is 13.8 Å². The van der Waals surface area contributed by atoms with Crippen LogP contribution in [-0.4, -0.2) is 71.7 Å². The van der Waals surface area contributed by atoms with Crippen molar-refractivity contribution in [2.75, 3.05) is 13.2 Å². The molecule has 0 amide bonds. The van der Waals surface area contributed by atoms with Gasteiger partial charge in [-0.15, -0.1) is 0 Å². The molecule has 2 unspecified atom stereocenters. The zero-order valence-electron chi connectivity index (χ0n) is 9.36. The predicted molar refractivity (Wildman–Crippen MR) is 55.9 cm³/mol. The third-order valence-corrected chi connectivity index (χ3v) is 1.75. The molecule has 6 N–H and O–H groups in total. The van der Waals surface area contributed by atoms with E-state index in [-0.39, 0.29) is 61.9 Å². The standard InChI is InChI=1S/2C2H7O4P.Ca.2H2O/c2*1-2-6-7(3,4)5;;;/h2*2H2,1H3,(H2,3,4,5);;2*1H2/q;;+2;;/p-2. The van der Waals surface area contributed by atoms with Gasteiger partial charge >= 0.3 is 37.7 Å². The summed E-state index contributed by atoms with van der Waals surface area (Å²) in [5.74, 6) is 0. The second kappa shape index (κ2) is 15.5. The fraction of sp³-hybridized carbons (Fsp3) is 1.00. The molecule has 0 saturated carbocycles. The van der Waals surface area contributed by atoms with Crippen LogP contribution < -0.4 is 9.79 Å². The number of phosphoric acid groups is 2. The molecule has 0 aromatic carbocycles. The van der Waals surface area contributed by atoms with Gasteiger partial charge in [0, 0.05) is 0 Å². The van der Waals surface area contributed by atoms with Crippen LogP contribution in [0.25, 0.3) is 0 Å². The number of hydrogen-bond acceptors (Lipinski definition) is 6. The Morgan fingerprint density at radius 2 is 1.12 bits per heavy atom. The van der Waals surface area contributed by atoms with Gasteiger partial charge in [0.05, 0.1) is 13.2 Å². The normalized spacial score (nSPS) is 15.4. The molecule has 0 radical (unpaired) electrons. The van der Waals surface area contributed by atoms with Crippen molar-refractivity contribution < 1.29 is 48.7 Å². The molecule has 10 nitrogen and oxygen atoms in total. The molecule has 13 heteroatoms. The zero-order chi connectivity index (χ0) is 11.8. The Labute approximate surface area is 128 Å². The third-order valence-electron chi connectivity index (χ3n) is 0.584. The Morgan fingerprint density at radius 3 is 1.12 bits per heavy atom. The van der Waals surface area contributed by atoms with Crippen LogP contribution in [0, 0.1) is 0 Å². The molecule has 0 aliphatic heterocycles. The van der Waals surface area contributed by atoms with E-state index in [2.05, 4.69) is 9.05 Å². The molecular weight excluding hydrogens is 310 g/mol. The third kappa shape index (κ3) is 46.7. The van der Waals surface area contributed by atoms with Crippen molar-refractivity contribution in [2.24, 2.45) is 0 Å². The molecule has 104 valence electrons. The molecule has 0 aliphatic carbocycles. The van der Waals surface area contributed by atoms with E-state index in [0.717, 1.165) is 0 Å². The van der Waals surface area contributed by atoms with Gasteiger partial charge < -0.3 is 39.6 Å². The van der Waals surface area contributed by atoms with Crippen LogP contribution in [0.5, 0.6) is 0 Å². The van der Waals surface area contributed by atoms with Gasteiger partial charge in [0.25, 0.3) is 15.6 Å². The molecule has 0 aliphatic rings. The summed E-state index contributed by atoms with van der Waals surface area (Å²) in [7, 11) is -8.83. The van der Waals surface area contributed by atoms with E-state index in [1.165, 1.54) is 13.8 Å². The maximum atomic E-state index is 9.59. The molecule has 0 aromatic heterocycles. The van der Waals surface area contributed by atoms with Crippen LogP contribution >= 0.6 is 15.6 Å². The summed E-state index contributed by atoms with van der Waals surface area (Å²) in [6.07, 6.45) is 0. The smallest absolute Gasteiger partial charge is 0.756 e. The van der Waals surface area contributed by atoms with Crippen LogP contribution in [0.4, 0.5) is 0 Å². The largest absolute Gasteiger partial charge is 2.00 e. The summed E-state index contributed by atoms with van der Waals surface area (Å²) in [6, 6.07) is 0. The van der Waals surface area contributed by atoms with Gasteiger partial charge in [-0.1, -0.05) is 0 Å². The minimum absolute atomic E-state index is 0. The monoisotopic (exact) mass is 326 g/mol. The minimum Gasteiger partial charge on any atom is -0.756 e. The average molecular weight is 326 g/mol. The quantitative estimate of drug-likeness (QED) is 0.400. The molecule has 0 fully saturated rings. The Kier molecular flexibility index (Phi) is 28.2. The summed E-state index contributed by atoms with van der Waals surface area (Å²) in [6.45, 7) is 2.91. The average Bonchev–Trinajstić information content (AvgIpc) is 1.81. The fourth-order valence-corrected chi connectivity index (χ4v) is 0.979. The van der Waals surface area contributed by atoms with Crippen molar-refractivity contribution in [1.29, 1.82) is 0 Å². The number of phosphoric ester groups is 2. The first kappa shape index (κ1) is 31.0. The van der Waals surface area contributed by atoms with Crippen LogP contribution in [0.3, 0.4) is 0 Å². The first-order valence-corrected chi connectivity index (χ1v) is 6.48.